The van der Waals surface area contributed by atoms with E-state index >= 15 is 0 Å². The van der Waals surface area contributed by atoms with Gasteiger partial charge in [-0.1, -0.05) is 30.3 Å². The third-order valence-electron chi connectivity index (χ3n) is 4.48. The summed E-state index contributed by atoms with van der Waals surface area (Å²) in [7, 11) is 0. The van der Waals surface area contributed by atoms with E-state index in [2.05, 4.69) is 11.9 Å². The number of carboxylic acids is 1. The Morgan fingerprint density at radius 2 is 1.96 bits per heavy atom. The lowest BCUT2D eigenvalue weighted by Gasteiger charge is -2.29. The highest BCUT2D eigenvalue weighted by Crippen LogP contribution is 2.36. The fourth-order valence-electron chi connectivity index (χ4n) is 2.84. The smallest absolute Gasteiger partial charge is 0.335 e. The summed E-state index contributed by atoms with van der Waals surface area (Å²) in [6.07, 6.45) is 3.63. The lowest BCUT2D eigenvalue weighted by atomic mass is 10.1. The van der Waals surface area contributed by atoms with Crippen molar-refractivity contribution in [2.24, 2.45) is 5.92 Å². The van der Waals surface area contributed by atoms with Gasteiger partial charge in [0.15, 0.2) is 0 Å². The van der Waals surface area contributed by atoms with Crippen LogP contribution in [0.3, 0.4) is 0 Å². The zero-order valence-corrected chi connectivity index (χ0v) is 13.6. The Hall–Kier alpha value is -2.69. The van der Waals surface area contributed by atoms with Crippen molar-refractivity contribution in [1.82, 2.24) is 9.88 Å². The van der Waals surface area contributed by atoms with Crippen LogP contribution in [-0.4, -0.2) is 32.9 Å². The number of hydrogen-bond donors (Lipinski definition) is 1. The minimum Gasteiger partial charge on any atom is -0.478 e. The van der Waals surface area contributed by atoms with Crippen LogP contribution in [0.5, 0.6) is 0 Å². The number of pyridine rings is 1. The van der Waals surface area contributed by atoms with Crippen molar-refractivity contribution in [1.29, 1.82) is 0 Å². The van der Waals surface area contributed by atoms with E-state index in [1.54, 1.807) is 4.90 Å². The normalized spacial score (nSPS) is 14.9. The first-order valence-electron chi connectivity index (χ1n) is 8.10. The minimum atomic E-state index is -1.06. The molecule has 3 rings (SSSR count). The molecule has 1 aromatic heterocycles. The minimum absolute atomic E-state index is 0.0760. The van der Waals surface area contributed by atoms with Crippen molar-refractivity contribution >= 4 is 11.9 Å². The van der Waals surface area contributed by atoms with Crippen LogP contribution in [0.15, 0.2) is 48.7 Å². The molecule has 1 aromatic carbocycles. The van der Waals surface area contributed by atoms with Gasteiger partial charge >= 0.3 is 5.97 Å². The number of amides is 1. The molecule has 0 saturated heterocycles. The number of carbonyl (C=O) groups excluding carboxylic acids is 1. The number of carbonyl (C=O) groups is 2. The van der Waals surface area contributed by atoms with Crippen LogP contribution in [0.2, 0.25) is 0 Å². The fraction of sp³-hybridized carbons (Fsp3) is 0.316. The third kappa shape index (κ3) is 3.62. The number of aromatic nitrogens is 1. The van der Waals surface area contributed by atoms with E-state index in [1.807, 2.05) is 30.3 Å². The summed E-state index contributed by atoms with van der Waals surface area (Å²) < 4.78 is 0. The molecule has 0 bridgehead atoms. The first-order valence-corrected chi connectivity index (χ1v) is 8.10. The number of hydrogen-bond acceptors (Lipinski definition) is 3. The van der Waals surface area contributed by atoms with Gasteiger partial charge in [-0.25, -0.2) is 4.79 Å². The van der Waals surface area contributed by atoms with E-state index in [9.17, 15) is 9.59 Å². The third-order valence-corrected chi connectivity index (χ3v) is 4.48. The Balaban J connectivity index is 1.88. The van der Waals surface area contributed by atoms with Gasteiger partial charge in [-0.15, -0.1) is 0 Å². The quantitative estimate of drug-likeness (QED) is 0.885. The van der Waals surface area contributed by atoms with Gasteiger partial charge in [-0.2, -0.15) is 0 Å². The van der Waals surface area contributed by atoms with Gasteiger partial charge in [-0.05, 0) is 43.4 Å². The number of benzene rings is 1. The number of aromatic carboxylic acids is 1. The molecule has 5 nitrogen and oxygen atoms in total. The second-order valence-electron chi connectivity index (χ2n) is 6.23. The Morgan fingerprint density at radius 3 is 2.58 bits per heavy atom. The van der Waals surface area contributed by atoms with Crippen molar-refractivity contribution < 1.29 is 14.7 Å². The van der Waals surface area contributed by atoms with Crippen molar-refractivity contribution in [3.63, 3.8) is 0 Å². The monoisotopic (exact) mass is 324 g/mol. The number of nitrogens with zero attached hydrogens (tertiary/aromatic N) is 2. The zero-order valence-electron chi connectivity index (χ0n) is 13.6. The number of rotatable bonds is 6. The number of carboxylic acid groups (broad SMARTS) is 1. The lowest BCUT2D eigenvalue weighted by molar-refractivity contribution is 0.0648. The van der Waals surface area contributed by atoms with E-state index in [0.717, 1.165) is 18.4 Å². The summed E-state index contributed by atoms with van der Waals surface area (Å²) in [4.78, 5) is 30.0. The molecule has 1 aliphatic carbocycles. The summed E-state index contributed by atoms with van der Waals surface area (Å²) in [6, 6.07) is 12.7. The van der Waals surface area contributed by atoms with Crippen molar-refractivity contribution in [3.05, 3.63) is 65.5 Å². The molecule has 1 heterocycles. The second kappa shape index (κ2) is 6.83. The van der Waals surface area contributed by atoms with Gasteiger partial charge in [0, 0.05) is 18.8 Å². The maximum atomic E-state index is 13.0. The highest BCUT2D eigenvalue weighted by atomic mass is 16.4. The summed E-state index contributed by atoms with van der Waals surface area (Å²) in [5, 5.41) is 9.12. The molecule has 2 aromatic rings. The molecule has 24 heavy (non-hydrogen) atoms. The van der Waals surface area contributed by atoms with Gasteiger partial charge in [0.05, 0.1) is 5.56 Å². The van der Waals surface area contributed by atoms with Crippen LogP contribution in [0.25, 0.3) is 0 Å². The maximum absolute atomic E-state index is 13.0. The zero-order chi connectivity index (χ0) is 17.1. The molecular weight excluding hydrogens is 304 g/mol. The molecule has 1 amide bonds. The van der Waals surface area contributed by atoms with Crippen molar-refractivity contribution in [2.75, 3.05) is 0 Å². The van der Waals surface area contributed by atoms with Gasteiger partial charge < -0.3 is 10.0 Å². The predicted octanol–water partition coefficient (Wildman–Crippen LogP) is 3.22. The molecular formula is C19H20N2O3. The van der Waals surface area contributed by atoms with Crippen LogP contribution in [0.1, 0.15) is 46.2 Å². The summed E-state index contributed by atoms with van der Waals surface area (Å²) in [6.45, 7) is 2.55. The van der Waals surface area contributed by atoms with Gasteiger partial charge in [0.2, 0.25) is 0 Å². The SMILES string of the molecule is CC(C1CC1)N(Cc1ccccc1)C(=O)c1cc(C(=O)O)ccn1. The molecule has 1 aliphatic rings. The van der Waals surface area contributed by atoms with E-state index in [-0.39, 0.29) is 23.2 Å². The van der Waals surface area contributed by atoms with Crippen LogP contribution in [-0.2, 0) is 6.54 Å². The Kier molecular flexibility index (Phi) is 4.60. The van der Waals surface area contributed by atoms with E-state index in [4.69, 9.17) is 5.11 Å². The molecule has 1 atom stereocenters. The van der Waals surface area contributed by atoms with Crippen molar-refractivity contribution in [2.45, 2.75) is 32.4 Å². The fourth-order valence-corrected chi connectivity index (χ4v) is 2.84. The van der Waals surface area contributed by atoms with E-state index in [0.29, 0.717) is 12.5 Å². The molecule has 0 radical (unpaired) electrons. The van der Waals surface area contributed by atoms with Gasteiger partial charge in [0.1, 0.15) is 5.69 Å². The van der Waals surface area contributed by atoms with E-state index < -0.39 is 5.97 Å². The van der Waals surface area contributed by atoms with Gasteiger partial charge in [0.25, 0.3) is 5.91 Å². The molecule has 0 aliphatic heterocycles. The summed E-state index contributed by atoms with van der Waals surface area (Å²) in [5.74, 6) is -0.766. The first kappa shape index (κ1) is 16.2. The molecule has 124 valence electrons. The van der Waals surface area contributed by atoms with E-state index in [1.165, 1.54) is 18.3 Å². The van der Waals surface area contributed by atoms with Crippen LogP contribution in [0, 0.1) is 5.92 Å². The van der Waals surface area contributed by atoms with Crippen LogP contribution in [0.4, 0.5) is 0 Å². The molecule has 0 spiro atoms. The first-order chi connectivity index (χ1) is 11.6. The molecule has 5 heteroatoms. The molecule has 1 N–H and O–H groups in total. The van der Waals surface area contributed by atoms with Gasteiger partial charge in [-0.3, -0.25) is 9.78 Å². The Bertz CT molecular complexity index is 741. The largest absolute Gasteiger partial charge is 0.478 e. The molecule has 1 saturated carbocycles. The maximum Gasteiger partial charge on any atom is 0.335 e. The summed E-state index contributed by atoms with van der Waals surface area (Å²) >= 11 is 0. The predicted molar refractivity (Wildman–Crippen MR) is 89.7 cm³/mol. The van der Waals surface area contributed by atoms with Crippen LogP contribution < -0.4 is 0 Å². The lowest BCUT2D eigenvalue weighted by Crippen LogP contribution is -2.39. The average Bonchev–Trinajstić information content (AvgIpc) is 3.44. The summed E-state index contributed by atoms with van der Waals surface area (Å²) in [5.41, 5.74) is 1.30. The Morgan fingerprint density at radius 1 is 1.25 bits per heavy atom. The van der Waals surface area contributed by atoms with Crippen LogP contribution >= 0.6 is 0 Å². The highest BCUT2D eigenvalue weighted by Gasteiger charge is 2.35. The van der Waals surface area contributed by atoms with Crippen molar-refractivity contribution in [3.8, 4) is 0 Å². The Labute approximate surface area is 140 Å². The molecule has 1 unspecified atom stereocenters. The molecule has 1 fully saturated rings. The highest BCUT2D eigenvalue weighted by molar-refractivity contribution is 5.96. The topological polar surface area (TPSA) is 70.5 Å². The standard InChI is InChI=1S/C19H20N2O3/c1-13(15-7-8-15)21(12-14-5-3-2-4-6-14)18(22)17-11-16(19(23)24)9-10-20-17/h2-6,9-11,13,15H,7-8,12H2,1H3,(H,23,24). The average molecular weight is 324 g/mol. The second-order valence-corrected chi connectivity index (χ2v) is 6.23.